The van der Waals surface area contributed by atoms with Crippen molar-refractivity contribution in [1.29, 1.82) is 0 Å². The summed E-state index contributed by atoms with van der Waals surface area (Å²) >= 11 is -0.486. The van der Waals surface area contributed by atoms with Crippen molar-refractivity contribution in [1.82, 2.24) is 0 Å². The van der Waals surface area contributed by atoms with Crippen molar-refractivity contribution in [2.24, 2.45) is 0 Å². The first-order valence-corrected chi connectivity index (χ1v) is 5.89. The molecule has 14 heavy (non-hydrogen) atoms. The molecular weight excluding hydrogens is 216 g/mol. The van der Waals surface area contributed by atoms with Crippen LogP contribution >= 0.6 is 0 Å². The Morgan fingerprint density at radius 1 is 1.00 bits per heavy atom. The normalized spacial score (nSPS) is 8.43. The summed E-state index contributed by atoms with van der Waals surface area (Å²) in [6, 6.07) is 0. The van der Waals surface area contributed by atoms with Crippen LogP contribution in [0.25, 0.3) is 0 Å². The second-order valence-electron chi connectivity index (χ2n) is 2.06. The summed E-state index contributed by atoms with van der Waals surface area (Å²) < 4.78 is 14.8. The van der Waals surface area contributed by atoms with Crippen molar-refractivity contribution in [2.75, 3.05) is 26.4 Å². The van der Waals surface area contributed by atoms with Crippen molar-refractivity contribution >= 4 is 0 Å². The van der Waals surface area contributed by atoms with E-state index in [2.05, 4.69) is 13.2 Å². The van der Waals surface area contributed by atoms with Gasteiger partial charge in [-0.15, -0.1) is 13.2 Å². The molecule has 0 spiro atoms. The van der Waals surface area contributed by atoms with Crippen LogP contribution in [0.15, 0.2) is 25.3 Å². The molecule has 0 fully saturated rings. The molecule has 0 aliphatic rings. The van der Waals surface area contributed by atoms with E-state index in [-0.39, 0.29) is 0 Å². The van der Waals surface area contributed by atoms with Crippen molar-refractivity contribution in [3.05, 3.63) is 25.3 Å². The molecule has 0 aromatic rings. The minimum atomic E-state index is -0.486. The number of hydrogen-bond acceptors (Lipinski definition) is 3. The molecule has 0 N–H and O–H groups in total. The summed E-state index contributed by atoms with van der Waals surface area (Å²) in [5, 5.41) is 0. The maximum absolute atomic E-state index is 4.98. The molecular formula is C10H20O3Ti. The van der Waals surface area contributed by atoms with Crippen molar-refractivity contribution in [3.63, 3.8) is 0 Å². The molecule has 0 bridgehead atoms. The molecule has 4 heteroatoms. The van der Waals surface area contributed by atoms with Gasteiger partial charge >= 0.3 is 53.6 Å². The van der Waals surface area contributed by atoms with E-state index in [1.54, 1.807) is 12.2 Å². The Balaban J connectivity index is 0. The Bertz CT molecular complexity index is 106. The molecule has 0 aromatic heterocycles. The number of rotatable bonds is 8. The standard InChI is InChI=1S/C6H10O.2C2H5O.Ti/c1-3-5-7-6-4-2;2*1-2-3;/h3-4H,1-2,5-6H2;2*2H2,1H3;/q;2*-1;+2. The second-order valence-corrected chi connectivity index (χ2v) is 3.23. The van der Waals surface area contributed by atoms with E-state index in [0.29, 0.717) is 13.2 Å². The fourth-order valence-electron chi connectivity index (χ4n) is 0.394. The van der Waals surface area contributed by atoms with Crippen molar-refractivity contribution < 1.29 is 31.3 Å². The first-order chi connectivity index (χ1) is 6.83. The molecule has 0 heterocycles. The monoisotopic (exact) mass is 236 g/mol. The van der Waals surface area contributed by atoms with E-state index in [4.69, 9.17) is 11.4 Å². The fraction of sp³-hybridized carbons (Fsp3) is 0.600. The molecule has 0 atom stereocenters. The van der Waals surface area contributed by atoms with Crippen molar-refractivity contribution in [3.8, 4) is 0 Å². The molecule has 0 saturated carbocycles. The van der Waals surface area contributed by atoms with Gasteiger partial charge in [-0.2, -0.15) is 0 Å². The molecule has 0 aliphatic heterocycles. The van der Waals surface area contributed by atoms with Crippen LogP contribution in [0.2, 0.25) is 0 Å². The van der Waals surface area contributed by atoms with Gasteiger partial charge < -0.3 is 4.74 Å². The maximum atomic E-state index is 4.98. The number of ether oxygens (including phenoxy) is 1. The SMILES string of the molecule is C=CCOCC=C.CC[O][Ti][O]CC. The van der Waals surface area contributed by atoms with E-state index in [9.17, 15) is 0 Å². The van der Waals surface area contributed by atoms with Crippen LogP contribution in [0.5, 0.6) is 0 Å². The Hall–Kier alpha value is 0.0743. The summed E-state index contributed by atoms with van der Waals surface area (Å²) in [7, 11) is 0. The zero-order valence-electron chi connectivity index (χ0n) is 9.12. The van der Waals surface area contributed by atoms with Gasteiger partial charge in [0, 0.05) is 0 Å². The Kier molecular flexibility index (Phi) is 22.1. The third-order valence-corrected chi connectivity index (χ3v) is 2.15. The van der Waals surface area contributed by atoms with E-state index in [1.807, 2.05) is 13.8 Å². The van der Waals surface area contributed by atoms with Crippen LogP contribution in [0.3, 0.4) is 0 Å². The first-order valence-electron chi connectivity index (χ1n) is 4.61. The third-order valence-electron chi connectivity index (χ3n) is 0.878. The van der Waals surface area contributed by atoms with Crippen molar-refractivity contribution in [2.45, 2.75) is 13.8 Å². The van der Waals surface area contributed by atoms with Gasteiger partial charge in [-0.25, -0.2) is 0 Å². The molecule has 0 radical (unpaired) electrons. The molecule has 0 saturated heterocycles. The number of hydrogen-bond donors (Lipinski definition) is 0. The van der Waals surface area contributed by atoms with Gasteiger partial charge in [-0.3, -0.25) is 0 Å². The predicted molar refractivity (Wildman–Crippen MR) is 54.5 cm³/mol. The molecule has 0 aliphatic carbocycles. The van der Waals surface area contributed by atoms with Gasteiger partial charge in [-0.05, 0) is 0 Å². The molecule has 82 valence electrons. The zero-order valence-corrected chi connectivity index (χ0v) is 10.7. The van der Waals surface area contributed by atoms with Crippen LogP contribution in [0.4, 0.5) is 0 Å². The van der Waals surface area contributed by atoms with E-state index >= 15 is 0 Å². The van der Waals surface area contributed by atoms with Crippen LogP contribution in [-0.2, 0) is 31.3 Å². The van der Waals surface area contributed by atoms with Gasteiger partial charge in [0.05, 0.1) is 13.2 Å². The third kappa shape index (κ3) is 22.7. The Morgan fingerprint density at radius 2 is 1.43 bits per heavy atom. The van der Waals surface area contributed by atoms with Gasteiger partial charge in [0.25, 0.3) is 0 Å². The van der Waals surface area contributed by atoms with Gasteiger partial charge in [0.2, 0.25) is 0 Å². The quantitative estimate of drug-likeness (QED) is 0.368. The summed E-state index contributed by atoms with van der Waals surface area (Å²) in [5.41, 5.74) is 0. The first kappa shape index (κ1) is 16.5. The van der Waals surface area contributed by atoms with Crippen LogP contribution in [-0.4, -0.2) is 26.4 Å². The molecule has 0 amide bonds. The zero-order chi connectivity index (χ0) is 11.1. The average molecular weight is 236 g/mol. The Labute approximate surface area is 97.0 Å². The Morgan fingerprint density at radius 3 is 1.71 bits per heavy atom. The van der Waals surface area contributed by atoms with E-state index in [1.165, 1.54) is 0 Å². The predicted octanol–water partition coefficient (Wildman–Crippen LogP) is 2.35. The van der Waals surface area contributed by atoms with E-state index < -0.39 is 19.9 Å². The van der Waals surface area contributed by atoms with Crippen LogP contribution in [0, 0.1) is 0 Å². The van der Waals surface area contributed by atoms with E-state index in [0.717, 1.165) is 13.2 Å². The molecule has 3 nitrogen and oxygen atoms in total. The van der Waals surface area contributed by atoms with Gasteiger partial charge in [0.15, 0.2) is 0 Å². The summed E-state index contributed by atoms with van der Waals surface area (Å²) in [6.07, 6.45) is 3.42. The molecule has 0 unspecified atom stereocenters. The summed E-state index contributed by atoms with van der Waals surface area (Å²) in [4.78, 5) is 0. The molecule has 0 rings (SSSR count). The van der Waals surface area contributed by atoms with Crippen LogP contribution in [0.1, 0.15) is 13.8 Å². The fourth-order valence-corrected chi connectivity index (χ4v) is 0.892. The van der Waals surface area contributed by atoms with Crippen LogP contribution < -0.4 is 0 Å². The van der Waals surface area contributed by atoms with Gasteiger partial charge in [0.1, 0.15) is 0 Å². The second kappa shape index (κ2) is 18.8. The average Bonchev–Trinajstić information content (AvgIpc) is 2.21. The minimum absolute atomic E-state index is 0.486. The topological polar surface area (TPSA) is 27.7 Å². The summed E-state index contributed by atoms with van der Waals surface area (Å²) in [5.74, 6) is 0. The summed E-state index contributed by atoms with van der Waals surface area (Å²) in [6.45, 7) is 13.7. The molecule has 0 aromatic carbocycles. The van der Waals surface area contributed by atoms with Gasteiger partial charge in [-0.1, -0.05) is 12.2 Å².